The van der Waals surface area contributed by atoms with Crippen LogP contribution in [0.3, 0.4) is 0 Å². The number of aromatic nitrogens is 1. The molecule has 61 heavy (non-hydrogen) atoms. The SMILES string of the molecule is C=N\C(=C/C(=N/C=C(\C=C/C=C/C)n1c2ccccc2c2cc(-c3ccc4c(c3)C(C)(C)c3c-4ccc4c3Sc3ccccc3S4)ccc21)c1ccccc1)c1ccccc1. The minimum atomic E-state index is -0.150. The van der Waals surface area contributed by atoms with Crippen LogP contribution in [0.5, 0.6) is 0 Å². The summed E-state index contributed by atoms with van der Waals surface area (Å²) in [6.45, 7) is 10.7. The van der Waals surface area contributed by atoms with Gasteiger partial charge in [-0.3, -0.25) is 9.98 Å². The van der Waals surface area contributed by atoms with Gasteiger partial charge in [-0.2, -0.15) is 0 Å². The molecule has 0 saturated carbocycles. The van der Waals surface area contributed by atoms with Gasteiger partial charge in [0.15, 0.2) is 0 Å². The van der Waals surface area contributed by atoms with E-state index in [2.05, 4.69) is 158 Å². The molecule has 8 aromatic rings. The van der Waals surface area contributed by atoms with Gasteiger partial charge in [0.2, 0.25) is 0 Å². The highest BCUT2D eigenvalue weighted by Gasteiger charge is 2.39. The van der Waals surface area contributed by atoms with Crippen molar-refractivity contribution in [3.8, 4) is 22.3 Å². The van der Waals surface area contributed by atoms with Gasteiger partial charge in [0.25, 0.3) is 0 Å². The molecular weight excluding hydrogens is 779 g/mol. The molecule has 0 bridgehead atoms. The summed E-state index contributed by atoms with van der Waals surface area (Å²) in [6.07, 6.45) is 12.3. The van der Waals surface area contributed by atoms with Crippen LogP contribution in [-0.4, -0.2) is 17.0 Å². The molecular formula is C56H43N3S2. The molecule has 10 rings (SSSR count). The number of para-hydroxylation sites is 1. The van der Waals surface area contributed by atoms with E-state index in [9.17, 15) is 0 Å². The summed E-state index contributed by atoms with van der Waals surface area (Å²) < 4.78 is 2.33. The van der Waals surface area contributed by atoms with Crippen LogP contribution in [0.15, 0.2) is 224 Å². The summed E-state index contributed by atoms with van der Waals surface area (Å²) in [5.74, 6) is 0. The first kappa shape index (κ1) is 38.5. The van der Waals surface area contributed by atoms with Crippen molar-refractivity contribution in [1.82, 2.24) is 4.57 Å². The van der Waals surface area contributed by atoms with E-state index in [1.165, 1.54) is 63.7 Å². The monoisotopic (exact) mass is 821 g/mol. The van der Waals surface area contributed by atoms with Gasteiger partial charge in [0.05, 0.1) is 34.3 Å². The molecule has 2 aliphatic rings. The fraction of sp³-hybridized carbons (Fsp3) is 0.0714. The summed E-state index contributed by atoms with van der Waals surface area (Å²) in [5.41, 5.74) is 14.5. The molecule has 0 unspecified atom stereocenters. The van der Waals surface area contributed by atoms with Crippen LogP contribution in [0.1, 0.15) is 43.0 Å². The second-order valence-electron chi connectivity index (χ2n) is 15.8. The smallest absolute Gasteiger partial charge is 0.0724 e. The van der Waals surface area contributed by atoms with Gasteiger partial charge in [0, 0.05) is 46.9 Å². The molecule has 2 heterocycles. The molecule has 1 aliphatic heterocycles. The first-order chi connectivity index (χ1) is 29.9. The summed E-state index contributed by atoms with van der Waals surface area (Å²) in [6, 6.07) is 56.5. The fourth-order valence-electron chi connectivity index (χ4n) is 8.82. The molecule has 1 aromatic heterocycles. The third kappa shape index (κ3) is 6.94. The molecule has 0 N–H and O–H groups in total. The van der Waals surface area contributed by atoms with Crippen LogP contribution >= 0.6 is 23.5 Å². The number of allylic oxidation sites excluding steroid dienone is 6. The Bertz CT molecular complexity index is 3180. The summed E-state index contributed by atoms with van der Waals surface area (Å²) in [4.78, 5) is 15.1. The van der Waals surface area contributed by atoms with Crippen molar-refractivity contribution < 1.29 is 0 Å². The van der Waals surface area contributed by atoms with Gasteiger partial charge in [-0.25, -0.2) is 0 Å². The lowest BCUT2D eigenvalue weighted by Gasteiger charge is -2.28. The molecule has 5 heteroatoms. The Morgan fingerprint density at radius 2 is 1.28 bits per heavy atom. The van der Waals surface area contributed by atoms with Gasteiger partial charge in [0.1, 0.15) is 0 Å². The average molecular weight is 822 g/mol. The Kier molecular flexibility index (Phi) is 10.2. The zero-order valence-corrected chi connectivity index (χ0v) is 36.0. The van der Waals surface area contributed by atoms with E-state index in [4.69, 9.17) is 4.99 Å². The fourth-order valence-corrected chi connectivity index (χ4v) is 11.4. The third-order valence-electron chi connectivity index (χ3n) is 11.8. The minimum Gasteiger partial charge on any atom is -0.308 e. The van der Waals surface area contributed by atoms with E-state index in [1.807, 2.05) is 97.3 Å². The van der Waals surface area contributed by atoms with Crippen molar-refractivity contribution in [1.29, 1.82) is 0 Å². The topological polar surface area (TPSA) is 29.6 Å². The molecule has 0 saturated heterocycles. The van der Waals surface area contributed by atoms with Gasteiger partial charge in [-0.1, -0.05) is 171 Å². The Labute approximate surface area is 366 Å². The Morgan fingerprint density at radius 3 is 2.05 bits per heavy atom. The van der Waals surface area contributed by atoms with Crippen molar-refractivity contribution in [2.45, 2.75) is 45.8 Å². The first-order valence-corrected chi connectivity index (χ1v) is 22.2. The number of fused-ring (bicyclic) bond motifs is 9. The predicted molar refractivity (Wildman–Crippen MR) is 262 cm³/mol. The molecule has 0 atom stereocenters. The van der Waals surface area contributed by atoms with Crippen LogP contribution in [-0.2, 0) is 5.41 Å². The van der Waals surface area contributed by atoms with Crippen molar-refractivity contribution in [2.75, 3.05) is 0 Å². The Morgan fingerprint density at radius 1 is 0.623 bits per heavy atom. The van der Waals surface area contributed by atoms with Crippen LogP contribution < -0.4 is 0 Å². The van der Waals surface area contributed by atoms with E-state index >= 15 is 0 Å². The minimum absolute atomic E-state index is 0.150. The molecule has 0 amide bonds. The number of nitrogens with zero attached hydrogens (tertiary/aromatic N) is 3. The third-order valence-corrected chi connectivity index (χ3v) is 14.4. The highest BCUT2D eigenvalue weighted by molar-refractivity contribution is 8.05. The van der Waals surface area contributed by atoms with E-state index in [1.54, 1.807) is 0 Å². The number of aliphatic imine (C=N–C) groups is 2. The number of hydrogen-bond acceptors (Lipinski definition) is 4. The first-order valence-electron chi connectivity index (χ1n) is 20.6. The van der Waals surface area contributed by atoms with Crippen LogP contribution in [0.25, 0.3) is 55.5 Å². The Hall–Kier alpha value is -6.66. The van der Waals surface area contributed by atoms with E-state index < -0.39 is 0 Å². The molecule has 1 aliphatic carbocycles. The zero-order valence-electron chi connectivity index (χ0n) is 34.3. The van der Waals surface area contributed by atoms with E-state index in [0.717, 1.165) is 39.3 Å². The van der Waals surface area contributed by atoms with Gasteiger partial charge in [-0.15, -0.1) is 0 Å². The standard InChI is InChI=1S/C56H43N3S2/c1-5-6-9-22-41(36-58-48(38-20-12-8-13-21-38)35-47(57-4)37-18-10-7-11-19-37)59-49-24-15-14-23-43(49)45-33-39(28-31-50(45)59)40-27-29-42-44-30-32-53-55(54(44)56(2,3)46(42)34-40)61-52-26-17-16-25-51(52)60-53/h5-36H,4H2,1-3H3/b6-5+,22-9-,41-36+,47-35-,58-48-. The van der Waals surface area contributed by atoms with Crippen molar-refractivity contribution >= 4 is 69.2 Å². The summed E-state index contributed by atoms with van der Waals surface area (Å²) >= 11 is 3.82. The van der Waals surface area contributed by atoms with Crippen molar-refractivity contribution in [3.63, 3.8) is 0 Å². The number of benzene rings is 7. The molecule has 0 fully saturated rings. The lowest BCUT2D eigenvalue weighted by atomic mass is 9.81. The maximum absolute atomic E-state index is 5.21. The van der Waals surface area contributed by atoms with Crippen LogP contribution in [0.2, 0.25) is 0 Å². The lowest BCUT2D eigenvalue weighted by molar-refractivity contribution is 0.642. The Balaban J connectivity index is 1.08. The number of rotatable bonds is 9. The number of hydrogen-bond donors (Lipinski definition) is 0. The average Bonchev–Trinajstić information content (AvgIpc) is 3.75. The summed E-state index contributed by atoms with van der Waals surface area (Å²) in [7, 11) is 0. The second-order valence-corrected chi connectivity index (χ2v) is 17.9. The summed E-state index contributed by atoms with van der Waals surface area (Å²) in [5, 5.41) is 2.38. The second kappa shape index (κ2) is 16.1. The van der Waals surface area contributed by atoms with Crippen LogP contribution in [0.4, 0.5) is 0 Å². The molecule has 0 radical (unpaired) electrons. The zero-order chi connectivity index (χ0) is 41.5. The maximum atomic E-state index is 5.21. The molecule has 294 valence electrons. The van der Waals surface area contributed by atoms with E-state index in [0.29, 0.717) is 0 Å². The maximum Gasteiger partial charge on any atom is 0.0724 e. The highest BCUT2D eigenvalue weighted by Crippen LogP contribution is 2.59. The van der Waals surface area contributed by atoms with Crippen LogP contribution in [0, 0.1) is 0 Å². The largest absolute Gasteiger partial charge is 0.308 e. The van der Waals surface area contributed by atoms with E-state index in [-0.39, 0.29) is 5.41 Å². The molecule has 0 spiro atoms. The van der Waals surface area contributed by atoms with Gasteiger partial charge in [-0.05, 0) is 102 Å². The van der Waals surface area contributed by atoms with Gasteiger partial charge >= 0.3 is 0 Å². The highest BCUT2D eigenvalue weighted by atomic mass is 32.2. The van der Waals surface area contributed by atoms with Crippen molar-refractivity contribution in [3.05, 3.63) is 217 Å². The quantitative estimate of drug-likeness (QED) is 0.107. The molecule has 3 nitrogen and oxygen atoms in total. The molecule has 7 aromatic carbocycles. The van der Waals surface area contributed by atoms with Crippen molar-refractivity contribution in [2.24, 2.45) is 9.98 Å². The van der Waals surface area contributed by atoms with Gasteiger partial charge < -0.3 is 4.57 Å². The normalized spacial score (nSPS) is 14.7. The lowest BCUT2D eigenvalue weighted by Crippen LogP contribution is -2.17. The predicted octanol–water partition coefficient (Wildman–Crippen LogP) is 15.5.